The van der Waals surface area contributed by atoms with Crippen LogP contribution in [-0.4, -0.2) is 29.3 Å². The lowest BCUT2D eigenvalue weighted by Crippen LogP contribution is -2.48. The monoisotopic (exact) mass is 278 g/mol. The number of nitrogens with zero attached hydrogens (tertiary/aromatic N) is 1. The fraction of sp³-hybridized carbons (Fsp3) is 0.429. The minimum Gasteiger partial charge on any atom is -0.369 e. The highest BCUT2D eigenvalue weighted by Crippen LogP contribution is 2.24. The number of hydrogen-bond acceptors (Lipinski definition) is 3. The zero-order chi connectivity index (χ0) is 14.0. The van der Waals surface area contributed by atoms with Crippen LogP contribution in [0.15, 0.2) is 29.2 Å². The van der Waals surface area contributed by atoms with E-state index < -0.39 is 0 Å². The van der Waals surface area contributed by atoms with Crippen LogP contribution in [-0.2, 0) is 4.79 Å². The first-order valence-electron chi connectivity index (χ1n) is 6.38. The highest BCUT2D eigenvalue weighted by Gasteiger charge is 2.31. The second-order valence-corrected chi connectivity index (χ2v) is 5.55. The average molecular weight is 278 g/mol. The Labute approximate surface area is 118 Å². The number of primary amides is 1. The quantitative estimate of drug-likeness (QED) is 0.809. The van der Waals surface area contributed by atoms with Crippen molar-refractivity contribution in [2.45, 2.75) is 30.7 Å². The van der Waals surface area contributed by atoms with Gasteiger partial charge in [-0.25, -0.2) is 0 Å². The Kier molecular flexibility index (Phi) is 4.14. The maximum Gasteiger partial charge on any atom is 0.254 e. The number of carbonyl (C=O) groups is 2. The Morgan fingerprint density at radius 2 is 2.11 bits per heavy atom. The normalized spacial score (nSPS) is 23.2. The van der Waals surface area contributed by atoms with Gasteiger partial charge in [0.1, 0.15) is 0 Å². The summed E-state index contributed by atoms with van der Waals surface area (Å²) in [6.07, 6.45) is 1.56. The number of piperidine rings is 1. The van der Waals surface area contributed by atoms with Crippen molar-refractivity contribution in [1.82, 2.24) is 4.90 Å². The predicted molar refractivity (Wildman–Crippen MR) is 76.1 cm³/mol. The third-order valence-corrected chi connectivity index (χ3v) is 3.92. The van der Waals surface area contributed by atoms with Crippen LogP contribution in [0.4, 0.5) is 0 Å². The summed E-state index contributed by atoms with van der Waals surface area (Å²) in [7, 11) is 0. The molecular formula is C14H18N2O2S. The van der Waals surface area contributed by atoms with Gasteiger partial charge in [0.05, 0.1) is 5.92 Å². The van der Waals surface area contributed by atoms with Gasteiger partial charge in [-0.1, -0.05) is 6.07 Å². The van der Waals surface area contributed by atoms with E-state index in [2.05, 4.69) is 12.6 Å². The van der Waals surface area contributed by atoms with Crippen LogP contribution in [0, 0.1) is 5.92 Å². The number of hydrogen-bond donors (Lipinski definition) is 2. The fourth-order valence-electron chi connectivity index (χ4n) is 2.43. The first kappa shape index (κ1) is 13.9. The summed E-state index contributed by atoms with van der Waals surface area (Å²) in [5.41, 5.74) is 5.95. The summed E-state index contributed by atoms with van der Waals surface area (Å²) in [5.74, 6) is -0.624. The molecule has 1 aliphatic rings. The third kappa shape index (κ3) is 3.10. The first-order chi connectivity index (χ1) is 8.99. The summed E-state index contributed by atoms with van der Waals surface area (Å²) in [6, 6.07) is 7.27. The van der Waals surface area contributed by atoms with Crippen LogP contribution in [0.2, 0.25) is 0 Å². The molecule has 1 aliphatic heterocycles. The van der Waals surface area contributed by atoms with Crippen molar-refractivity contribution in [1.29, 1.82) is 0 Å². The predicted octanol–water partition coefficient (Wildman–Crippen LogP) is 1.70. The Balaban J connectivity index is 2.19. The van der Waals surface area contributed by atoms with Gasteiger partial charge in [0.2, 0.25) is 5.91 Å². The van der Waals surface area contributed by atoms with E-state index in [1.807, 2.05) is 13.0 Å². The molecule has 2 N–H and O–H groups in total. The van der Waals surface area contributed by atoms with Crippen LogP contribution in [0.3, 0.4) is 0 Å². The molecule has 2 atom stereocenters. The maximum atomic E-state index is 12.5. The lowest BCUT2D eigenvalue weighted by Gasteiger charge is -2.37. The highest BCUT2D eigenvalue weighted by atomic mass is 32.1. The Hall–Kier alpha value is -1.49. The van der Waals surface area contributed by atoms with Gasteiger partial charge in [0, 0.05) is 23.0 Å². The molecule has 102 valence electrons. The van der Waals surface area contributed by atoms with E-state index in [1.54, 1.807) is 23.1 Å². The fourth-order valence-corrected chi connectivity index (χ4v) is 2.65. The van der Waals surface area contributed by atoms with Gasteiger partial charge in [-0.15, -0.1) is 12.6 Å². The molecule has 5 heteroatoms. The molecule has 0 saturated carbocycles. The number of carbonyl (C=O) groups excluding carboxylic acids is 2. The molecule has 0 aliphatic carbocycles. The number of benzene rings is 1. The van der Waals surface area contributed by atoms with Gasteiger partial charge in [0.25, 0.3) is 5.91 Å². The van der Waals surface area contributed by atoms with Gasteiger partial charge in [0.15, 0.2) is 0 Å². The zero-order valence-electron chi connectivity index (χ0n) is 10.9. The van der Waals surface area contributed by atoms with E-state index in [0.29, 0.717) is 12.1 Å². The largest absolute Gasteiger partial charge is 0.369 e. The number of amides is 2. The molecule has 1 aromatic carbocycles. The molecule has 1 saturated heterocycles. The molecule has 19 heavy (non-hydrogen) atoms. The van der Waals surface area contributed by atoms with Gasteiger partial charge in [-0.2, -0.15) is 0 Å². The minimum absolute atomic E-state index is 0.0608. The van der Waals surface area contributed by atoms with Crippen molar-refractivity contribution in [3.63, 3.8) is 0 Å². The van der Waals surface area contributed by atoms with Gasteiger partial charge < -0.3 is 10.6 Å². The molecule has 2 unspecified atom stereocenters. The minimum atomic E-state index is -0.326. The van der Waals surface area contributed by atoms with Gasteiger partial charge in [-0.05, 0) is 38.0 Å². The van der Waals surface area contributed by atoms with Crippen molar-refractivity contribution < 1.29 is 9.59 Å². The molecule has 0 radical (unpaired) electrons. The lowest BCUT2D eigenvalue weighted by atomic mass is 9.92. The van der Waals surface area contributed by atoms with Crippen LogP contribution >= 0.6 is 12.6 Å². The molecule has 0 bridgehead atoms. The molecule has 0 aromatic heterocycles. The van der Waals surface area contributed by atoms with Crippen molar-refractivity contribution in [2.75, 3.05) is 6.54 Å². The first-order valence-corrected chi connectivity index (χ1v) is 6.83. The topological polar surface area (TPSA) is 63.4 Å². The number of rotatable bonds is 2. The standard InChI is InChI=1S/C14H18N2O2S/c1-9-5-6-11(13(15)17)8-16(9)14(18)10-3-2-4-12(19)7-10/h2-4,7,9,11,19H,5-6,8H2,1H3,(H2,15,17). The van der Waals surface area contributed by atoms with Crippen LogP contribution in [0.5, 0.6) is 0 Å². The lowest BCUT2D eigenvalue weighted by molar-refractivity contribution is -0.123. The molecule has 1 heterocycles. The van der Waals surface area contributed by atoms with Crippen molar-refractivity contribution in [3.8, 4) is 0 Å². The third-order valence-electron chi connectivity index (χ3n) is 3.64. The van der Waals surface area contributed by atoms with Gasteiger partial charge >= 0.3 is 0 Å². The second kappa shape index (κ2) is 5.65. The summed E-state index contributed by atoms with van der Waals surface area (Å²) < 4.78 is 0. The molecule has 1 aromatic rings. The van der Waals surface area contributed by atoms with Crippen LogP contribution in [0.25, 0.3) is 0 Å². The Morgan fingerprint density at radius 1 is 1.37 bits per heavy atom. The number of likely N-dealkylation sites (tertiary alicyclic amines) is 1. The average Bonchev–Trinajstić information content (AvgIpc) is 2.38. The maximum absolute atomic E-state index is 12.5. The second-order valence-electron chi connectivity index (χ2n) is 5.03. The van der Waals surface area contributed by atoms with Crippen molar-refractivity contribution in [3.05, 3.63) is 29.8 Å². The van der Waals surface area contributed by atoms with E-state index >= 15 is 0 Å². The Bertz CT molecular complexity index is 504. The summed E-state index contributed by atoms with van der Waals surface area (Å²) in [5, 5.41) is 0. The van der Waals surface area contributed by atoms with E-state index in [9.17, 15) is 9.59 Å². The number of thiol groups is 1. The highest BCUT2D eigenvalue weighted by molar-refractivity contribution is 7.80. The van der Waals surface area contributed by atoms with E-state index in [1.165, 1.54) is 0 Å². The SMILES string of the molecule is CC1CCC(C(N)=O)CN1C(=O)c1cccc(S)c1. The van der Waals surface area contributed by atoms with E-state index in [0.717, 1.165) is 17.7 Å². The van der Waals surface area contributed by atoms with Crippen molar-refractivity contribution >= 4 is 24.4 Å². The summed E-state index contributed by atoms with van der Waals surface area (Å²) in [6.45, 7) is 2.41. The molecule has 2 rings (SSSR count). The molecular weight excluding hydrogens is 260 g/mol. The molecule has 4 nitrogen and oxygen atoms in total. The summed E-state index contributed by atoms with van der Waals surface area (Å²) >= 11 is 4.24. The molecule has 2 amide bonds. The number of nitrogens with two attached hydrogens (primary N) is 1. The van der Waals surface area contributed by atoms with E-state index in [-0.39, 0.29) is 23.8 Å². The van der Waals surface area contributed by atoms with Crippen LogP contribution in [0.1, 0.15) is 30.1 Å². The van der Waals surface area contributed by atoms with Gasteiger partial charge in [-0.3, -0.25) is 9.59 Å². The van der Waals surface area contributed by atoms with Crippen LogP contribution < -0.4 is 5.73 Å². The Morgan fingerprint density at radius 3 is 2.74 bits per heavy atom. The smallest absolute Gasteiger partial charge is 0.254 e. The summed E-state index contributed by atoms with van der Waals surface area (Å²) in [4.78, 5) is 26.3. The molecule has 0 spiro atoms. The molecule has 1 fully saturated rings. The van der Waals surface area contributed by atoms with Crippen molar-refractivity contribution in [2.24, 2.45) is 11.7 Å². The van der Waals surface area contributed by atoms with E-state index in [4.69, 9.17) is 5.73 Å². The zero-order valence-corrected chi connectivity index (χ0v) is 11.8.